The van der Waals surface area contributed by atoms with Crippen molar-refractivity contribution >= 4 is 17.1 Å². The fourth-order valence-electron chi connectivity index (χ4n) is 10.6. The van der Waals surface area contributed by atoms with Crippen LogP contribution in [0.5, 0.6) is 0 Å². The molecule has 0 N–H and O–H groups in total. The van der Waals surface area contributed by atoms with E-state index in [0.29, 0.717) is 0 Å². The first kappa shape index (κ1) is 35.9. The van der Waals surface area contributed by atoms with Crippen molar-refractivity contribution in [1.29, 1.82) is 0 Å². The fraction of sp³-hybridized carbons (Fsp3) is 0.0164. The summed E-state index contributed by atoms with van der Waals surface area (Å²) in [5.41, 5.74) is 22.8. The maximum atomic E-state index is 2.52. The third-order valence-electron chi connectivity index (χ3n) is 13.1. The molecule has 12 rings (SSSR count). The van der Waals surface area contributed by atoms with E-state index in [-0.39, 0.29) is 0 Å². The summed E-state index contributed by atoms with van der Waals surface area (Å²) in [5, 5.41) is 0. The zero-order chi connectivity index (χ0) is 41.0. The van der Waals surface area contributed by atoms with Crippen LogP contribution in [-0.4, -0.2) is 0 Å². The minimum Gasteiger partial charge on any atom is -0.309 e. The van der Waals surface area contributed by atoms with Crippen molar-refractivity contribution in [3.05, 3.63) is 271 Å². The van der Waals surface area contributed by atoms with Crippen LogP contribution < -0.4 is 4.90 Å². The standard InChI is InChI=1S/C61H41N/c1-4-21-42(22-5-1)46-27-10-11-32-52(46)60-48(44-25-8-3-9-26-44)33-20-38-59(60)62(58-37-19-15-28-47(58)43-23-6-2-7-24-43)45-39-40-57-53(41-45)51-31-14-18-36-56(51)61(57)54-34-16-12-29-49(54)50-30-13-17-35-55(50)61/h1-41H. The Balaban J connectivity index is 1.17. The van der Waals surface area contributed by atoms with E-state index in [1.165, 1.54) is 83.5 Å². The second kappa shape index (κ2) is 14.6. The van der Waals surface area contributed by atoms with Crippen LogP contribution in [0.25, 0.3) is 66.8 Å². The molecule has 0 aliphatic heterocycles. The highest BCUT2D eigenvalue weighted by atomic mass is 15.1. The highest BCUT2D eigenvalue weighted by Gasteiger charge is 2.51. The summed E-state index contributed by atoms with van der Waals surface area (Å²) >= 11 is 0. The SMILES string of the molecule is c1ccc(-c2ccccc2-c2c(-c3ccccc3)cccc2N(c2ccc3c(c2)-c2ccccc2C32c3ccccc3-c3ccccc32)c2ccccc2-c2ccccc2)cc1. The Morgan fingerprint density at radius 2 is 0.629 bits per heavy atom. The first-order valence-electron chi connectivity index (χ1n) is 21.5. The molecule has 0 atom stereocenters. The van der Waals surface area contributed by atoms with Gasteiger partial charge in [0.05, 0.1) is 16.8 Å². The Morgan fingerprint density at radius 3 is 1.21 bits per heavy atom. The molecule has 10 aromatic rings. The summed E-state index contributed by atoms with van der Waals surface area (Å²) in [5.74, 6) is 0. The lowest BCUT2D eigenvalue weighted by Gasteiger charge is -2.33. The van der Waals surface area contributed by atoms with Crippen LogP contribution in [0.1, 0.15) is 22.3 Å². The molecule has 0 amide bonds. The molecule has 0 fully saturated rings. The second-order valence-corrected chi connectivity index (χ2v) is 16.3. The smallest absolute Gasteiger partial charge is 0.0725 e. The molecule has 10 aromatic carbocycles. The summed E-state index contributed by atoms with van der Waals surface area (Å²) in [6.07, 6.45) is 0. The quantitative estimate of drug-likeness (QED) is 0.155. The summed E-state index contributed by atoms with van der Waals surface area (Å²) in [4.78, 5) is 2.52. The van der Waals surface area contributed by atoms with E-state index >= 15 is 0 Å². The van der Waals surface area contributed by atoms with E-state index in [0.717, 1.165) is 22.6 Å². The van der Waals surface area contributed by atoms with Gasteiger partial charge in [-0.05, 0) is 102 Å². The van der Waals surface area contributed by atoms with Gasteiger partial charge in [-0.3, -0.25) is 0 Å². The maximum Gasteiger partial charge on any atom is 0.0725 e. The molecule has 0 unspecified atom stereocenters. The van der Waals surface area contributed by atoms with Gasteiger partial charge in [-0.1, -0.05) is 224 Å². The molecular weight excluding hydrogens is 747 g/mol. The average molecular weight is 788 g/mol. The molecule has 0 saturated carbocycles. The summed E-state index contributed by atoms with van der Waals surface area (Å²) in [6, 6.07) is 91.6. The van der Waals surface area contributed by atoms with Gasteiger partial charge in [0.15, 0.2) is 0 Å². The number of nitrogens with zero attached hydrogens (tertiary/aromatic N) is 1. The second-order valence-electron chi connectivity index (χ2n) is 16.3. The van der Waals surface area contributed by atoms with Crippen LogP contribution in [0, 0.1) is 0 Å². The molecule has 0 radical (unpaired) electrons. The largest absolute Gasteiger partial charge is 0.309 e. The molecule has 2 aliphatic carbocycles. The monoisotopic (exact) mass is 787 g/mol. The number of benzene rings is 10. The molecule has 1 nitrogen and oxygen atoms in total. The highest BCUT2D eigenvalue weighted by molar-refractivity contribution is 6.04. The van der Waals surface area contributed by atoms with Gasteiger partial charge >= 0.3 is 0 Å². The molecule has 290 valence electrons. The highest BCUT2D eigenvalue weighted by Crippen LogP contribution is 2.63. The molecule has 0 bridgehead atoms. The van der Waals surface area contributed by atoms with E-state index < -0.39 is 5.41 Å². The molecule has 0 heterocycles. The molecule has 1 spiro atoms. The Hall–Kier alpha value is -8.00. The van der Waals surface area contributed by atoms with Gasteiger partial charge < -0.3 is 4.90 Å². The van der Waals surface area contributed by atoms with Gasteiger partial charge in [0, 0.05) is 16.8 Å². The molecule has 0 saturated heterocycles. The van der Waals surface area contributed by atoms with Gasteiger partial charge in [0.25, 0.3) is 0 Å². The van der Waals surface area contributed by atoms with Gasteiger partial charge in [0.2, 0.25) is 0 Å². The van der Waals surface area contributed by atoms with Gasteiger partial charge in [-0.25, -0.2) is 0 Å². The first-order chi connectivity index (χ1) is 30.8. The number of para-hydroxylation sites is 1. The topological polar surface area (TPSA) is 3.24 Å². The zero-order valence-electron chi connectivity index (χ0n) is 34.1. The number of hydrogen-bond acceptors (Lipinski definition) is 1. The number of anilines is 3. The molecule has 1 heteroatoms. The summed E-state index contributed by atoms with van der Waals surface area (Å²) < 4.78 is 0. The lowest BCUT2D eigenvalue weighted by molar-refractivity contribution is 0.794. The van der Waals surface area contributed by atoms with Crippen molar-refractivity contribution < 1.29 is 0 Å². The molecular formula is C61H41N. The summed E-state index contributed by atoms with van der Waals surface area (Å²) in [6.45, 7) is 0. The van der Waals surface area contributed by atoms with Crippen molar-refractivity contribution in [2.45, 2.75) is 5.41 Å². The number of hydrogen-bond donors (Lipinski definition) is 0. The van der Waals surface area contributed by atoms with Crippen LogP contribution in [0.15, 0.2) is 249 Å². The van der Waals surface area contributed by atoms with Crippen molar-refractivity contribution in [2.24, 2.45) is 0 Å². The van der Waals surface area contributed by atoms with Crippen LogP contribution >= 0.6 is 0 Å². The van der Waals surface area contributed by atoms with Crippen LogP contribution in [0.4, 0.5) is 17.1 Å². The third kappa shape index (κ3) is 5.42. The minimum absolute atomic E-state index is 0.419. The van der Waals surface area contributed by atoms with Crippen LogP contribution in [0.2, 0.25) is 0 Å². The van der Waals surface area contributed by atoms with Crippen molar-refractivity contribution in [2.75, 3.05) is 4.90 Å². The fourth-order valence-corrected chi connectivity index (χ4v) is 10.6. The van der Waals surface area contributed by atoms with Crippen LogP contribution in [-0.2, 0) is 5.41 Å². The predicted molar refractivity (Wildman–Crippen MR) is 259 cm³/mol. The Morgan fingerprint density at radius 1 is 0.242 bits per heavy atom. The van der Waals surface area contributed by atoms with E-state index in [9.17, 15) is 0 Å². The normalized spacial score (nSPS) is 12.6. The average Bonchev–Trinajstić information content (AvgIpc) is 3.82. The maximum absolute atomic E-state index is 2.52. The number of fused-ring (bicyclic) bond motifs is 10. The lowest BCUT2D eigenvalue weighted by Crippen LogP contribution is -2.25. The van der Waals surface area contributed by atoms with E-state index in [2.05, 4.69) is 254 Å². The predicted octanol–water partition coefficient (Wildman–Crippen LogP) is 16.2. The van der Waals surface area contributed by atoms with E-state index in [1.54, 1.807) is 0 Å². The Kier molecular flexibility index (Phi) is 8.47. The Labute approximate surface area is 363 Å². The van der Waals surface area contributed by atoms with Gasteiger partial charge in [0.1, 0.15) is 0 Å². The Bertz CT molecular complexity index is 3250. The van der Waals surface area contributed by atoms with Gasteiger partial charge in [-0.2, -0.15) is 0 Å². The molecule has 0 aromatic heterocycles. The minimum atomic E-state index is -0.419. The third-order valence-corrected chi connectivity index (χ3v) is 13.1. The van der Waals surface area contributed by atoms with Crippen molar-refractivity contribution in [1.82, 2.24) is 0 Å². The molecule has 2 aliphatic rings. The molecule has 62 heavy (non-hydrogen) atoms. The summed E-state index contributed by atoms with van der Waals surface area (Å²) in [7, 11) is 0. The van der Waals surface area contributed by atoms with Gasteiger partial charge in [-0.15, -0.1) is 0 Å². The zero-order valence-corrected chi connectivity index (χ0v) is 34.1. The first-order valence-corrected chi connectivity index (χ1v) is 21.5. The van der Waals surface area contributed by atoms with Crippen molar-refractivity contribution in [3.63, 3.8) is 0 Å². The lowest BCUT2D eigenvalue weighted by atomic mass is 9.70. The van der Waals surface area contributed by atoms with E-state index in [1.807, 2.05) is 0 Å². The van der Waals surface area contributed by atoms with Crippen LogP contribution in [0.3, 0.4) is 0 Å². The van der Waals surface area contributed by atoms with Crippen molar-refractivity contribution in [3.8, 4) is 66.8 Å². The number of rotatable bonds is 7. The van der Waals surface area contributed by atoms with E-state index in [4.69, 9.17) is 0 Å².